The molecule has 1 aromatic carbocycles. The lowest BCUT2D eigenvalue weighted by Crippen LogP contribution is -2.51. The molecule has 2 amide bonds. The minimum Gasteiger partial charge on any atom is -0.493 e. The first-order valence-corrected chi connectivity index (χ1v) is 9.03. The maximum absolute atomic E-state index is 12.9. The topological polar surface area (TPSA) is 68.3 Å². The van der Waals surface area contributed by atoms with Crippen molar-refractivity contribution in [1.29, 1.82) is 0 Å². The molecule has 0 aliphatic carbocycles. The molecule has 2 fully saturated rings. The third kappa shape index (κ3) is 2.85. The maximum Gasteiger partial charge on any atom is 0.410 e. The van der Waals surface area contributed by atoms with Gasteiger partial charge in [0.05, 0.1) is 19.6 Å². The smallest absolute Gasteiger partial charge is 0.410 e. The van der Waals surface area contributed by atoms with Gasteiger partial charge in [0.15, 0.2) is 11.5 Å². The van der Waals surface area contributed by atoms with E-state index in [1.165, 1.54) is 0 Å². The van der Waals surface area contributed by atoms with Gasteiger partial charge in [0.1, 0.15) is 12.2 Å². The predicted molar refractivity (Wildman–Crippen MR) is 93.3 cm³/mol. The van der Waals surface area contributed by atoms with Crippen molar-refractivity contribution in [3.63, 3.8) is 0 Å². The zero-order valence-corrected chi connectivity index (χ0v) is 15.2. The highest BCUT2D eigenvalue weighted by Gasteiger charge is 2.46. The highest BCUT2D eigenvalue weighted by Crippen LogP contribution is 2.37. The minimum absolute atomic E-state index is 0.117. The van der Waals surface area contributed by atoms with Crippen LogP contribution in [0.2, 0.25) is 0 Å². The van der Waals surface area contributed by atoms with Gasteiger partial charge in [-0.2, -0.15) is 0 Å². The molecule has 4 rings (SSSR count). The molecular weight excluding hydrogens is 336 g/mol. The lowest BCUT2D eigenvalue weighted by Gasteiger charge is -2.39. The van der Waals surface area contributed by atoms with Gasteiger partial charge >= 0.3 is 6.09 Å². The number of rotatable bonds is 2. The van der Waals surface area contributed by atoms with E-state index >= 15 is 0 Å². The van der Waals surface area contributed by atoms with Crippen LogP contribution in [0.3, 0.4) is 0 Å². The molecule has 7 heteroatoms. The van der Waals surface area contributed by atoms with E-state index in [0.717, 1.165) is 11.3 Å². The number of amides is 2. The molecule has 0 saturated carbocycles. The van der Waals surface area contributed by atoms with Crippen molar-refractivity contribution in [2.75, 3.05) is 40.4 Å². The number of fused-ring (bicyclic) bond motifs is 1. The zero-order valence-electron chi connectivity index (χ0n) is 15.2. The summed E-state index contributed by atoms with van der Waals surface area (Å²) in [7, 11) is 3.37. The summed E-state index contributed by atoms with van der Waals surface area (Å²) in [6, 6.07) is 5.77. The number of ether oxygens (including phenoxy) is 3. The number of likely N-dealkylation sites (N-methyl/N-ethyl adjacent to an activating group) is 1. The number of methoxy groups -OCH3 is 1. The molecular formula is C19H24N2O5. The Bertz CT molecular complexity index is 727. The molecule has 7 nitrogen and oxygen atoms in total. The molecule has 3 aliphatic rings. The normalized spacial score (nSPS) is 24.1. The van der Waals surface area contributed by atoms with Crippen LogP contribution < -0.4 is 9.47 Å². The van der Waals surface area contributed by atoms with E-state index in [1.54, 1.807) is 19.1 Å². The molecule has 3 heterocycles. The van der Waals surface area contributed by atoms with Crippen LogP contribution in [0, 0.1) is 5.92 Å². The predicted octanol–water partition coefficient (Wildman–Crippen LogP) is 1.69. The average molecular weight is 360 g/mol. The van der Waals surface area contributed by atoms with Gasteiger partial charge < -0.3 is 24.0 Å². The number of hydrogen-bond acceptors (Lipinski definition) is 5. The van der Waals surface area contributed by atoms with Crippen molar-refractivity contribution in [2.24, 2.45) is 5.92 Å². The quantitative estimate of drug-likeness (QED) is 0.803. The van der Waals surface area contributed by atoms with Crippen LogP contribution in [0.1, 0.15) is 18.4 Å². The summed E-state index contributed by atoms with van der Waals surface area (Å²) in [5, 5.41) is 0. The van der Waals surface area contributed by atoms with Crippen LogP contribution in [0.25, 0.3) is 0 Å². The van der Waals surface area contributed by atoms with Gasteiger partial charge in [-0.3, -0.25) is 4.79 Å². The van der Waals surface area contributed by atoms with Crippen molar-refractivity contribution >= 4 is 12.0 Å². The maximum atomic E-state index is 12.9. The summed E-state index contributed by atoms with van der Waals surface area (Å²) >= 11 is 0. The molecule has 1 unspecified atom stereocenters. The third-order valence-corrected chi connectivity index (χ3v) is 5.65. The molecule has 26 heavy (non-hydrogen) atoms. The second kappa shape index (κ2) is 6.37. The Morgan fingerprint density at radius 2 is 2.08 bits per heavy atom. The summed E-state index contributed by atoms with van der Waals surface area (Å²) in [5.41, 5.74) is 0.583. The molecule has 0 radical (unpaired) electrons. The highest BCUT2D eigenvalue weighted by atomic mass is 16.6. The van der Waals surface area contributed by atoms with E-state index in [1.807, 2.05) is 23.1 Å². The van der Waals surface area contributed by atoms with Gasteiger partial charge in [-0.05, 0) is 18.1 Å². The van der Waals surface area contributed by atoms with Crippen molar-refractivity contribution in [1.82, 2.24) is 9.80 Å². The Morgan fingerprint density at radius 1 is 1.31 bits per heavy atom. The average Bonchev–Trinajstić information content (AvgIpc) is 2.94. The first-order chi connectivity index (χ1) is 12.5. The van der Waals surface area contributed by atoms with Gasteiger partial charge in [0.2, 0.25) is 5.91 Å². The molecule has 3 aliphatic heterocycles. The van der Waals surface area contributed by atoms with E-state index < -0.39 is 5.60 Å². The Kier molecular flexibility index (Phi) is 4.17. The Balaban J connectivity index is 1.39. The number of piperidine rings is 1. The molecule has 1 spiro atoms. The Labute approximate surface area is 152 Å². The van der Waals surface area contributed by atoms with Crippen molar-refractivity contribution in [2.45, 2.75) is 24.9 Å². The fourth-order valence-corrected chi connectivity index (χ4v) is 4.16. The zero-order chi connectivity index (χ0) is 18.3. The number of carbonyl (C=O) groups excluding carboxylic acids is 2. The second-order valence-corrected chi connectivity index (χ2v) is 7.39. The van der Waals surface area contributed by atoms with E-state index in [9.17, 15) is 9.59 Å². The summed E-state index contributed by atoms with van der Waals surface area (Å²) in [4.78, 5) is 28.1. The van der Waals surface area contributed by atoms with Crippen LogP contribution in [0.5, 0.6) is 11.5 Å². The van der Waals surface area contributed by atoms with E-state index in [2.05, 4.69) is 0 Å². The molecule has 1 atom stereocenters. The summed E-state index contributed by atoms with van der Waals surface area (Å²) < 4.78 is 16.7. The largest absolute Gasteiger partial charge is 0.493 e. The SMILES string of the molecule is COc1cccc2c1OCC(C(=O)N1CCC3(CC1)CN(C)C(=O)O3)C2. The standard InChI is InChI=1S/C19H24N2O5/c1-20-12-19(26-18(20)23)6-8-21(9-7-19)17(22)14-10-13-4-3-5-15(24-2)16(13)25-11-14/h3-5,14H,6-12H2,1-2H3. The van der Waals surface area contributed by atoms with Gasteiger partial charge in [-0.1, -0.05) is 12.1 Å². The lowest BCUT2D eigenvalue weighted by molar-refractivity contribution is -0.140. The van der Waals surface area contributed by atoms with Gasteiger partial charge in [-0.15, -0.1) is 0 Å². The Morgan fingerprint density at radius 3 is 2.73 bits per heavy atom. The van der Waals surface area contributed by atoms with Crippen LogP contribution in [0.15, 0.2) is 18.2 Å². The Hall–Kier alpha value is -2.44. The first kappa shape index (κ1) is 17.0. The minimum atomic E-state index is -0.425. The fraction of sp³-hybridized carbons (Fsp3) is 0.579. The second-order valence-electron chi connectivity index (χ2n) is 7.39. The van der Waals surface area contributed by atoms with E-state index in [-0.39, 0.29) is 17.9 Å². The number of nitrogens with zero attached hydrogens (tertiary/aromatic N) is 2. The molecule has 0 bridgehead atoms. The first-order valence-electron chi connectivity index (χ1n) is 9.03. The summed E-state index contributed by atoms with van der Waals surface area (Å²) in [6.45, 7) is 2.20. The van der Waals surface area contributed by atoms with E-state index in [4.69, 9.17) is 14.2 Å². The van der Waals surface area contributed by atoms with Crippen LogP contribution in [-0.4, -0.2) is 67.8 Å². The van der Waals surface area contributed by atoms with E-state index in [0.29, 0.717) is 51.3 Å². The molecule has 1 aromatic rings. The van der Waals surface area contributed by atoms with Crippen LogP contribution >= 0.6 is 0 Å². The van der Waals surface area contributed by atoms with Gasteiger partial charge in [0.25, 0.3) is 0 Å². The summed E-state index contributed by atoms with van der Waals surface area (Å²) in [5.74, 6) is 1.39. The molecule has 0 N–H and O–H groups in total. The highest BCUT2D eigenvalue weighted by molar-refractivity contribution is 5.80. The summed E-state index contributed by atoms with van der Waals surface area (Å²) in [6.07, 6.45) is 1.76. The van der Waals surface area contributed by atoms with Crippen LogP contribution in [0.4, 0.5) is 4.79 Å². The number of benzene rings is 1. The molecule has 0 aromatic heterocycles. The van der Waals surface area contributed by atoms with Crippen molar-refractivity contribution < 1.29 is 23.8 Å². The lowest BCUT2D eigenvalue weighted by atomic mass is 9.89. The van der Waals surface area contributed by atoms with Gasteiger partial charge in [0, 0.05) is 33.0 Å². The van der Waals surface area contributed by atoms with Gasteiger partial charge in [-0.25, -0.2) is 4.79 Å². The molecule has 140 valence electrons. The number of hydrogen-bond donors (Lipinski definition) is 0. The van der Waals surface area contributed by atoms with Crippen LogP contribution in [-0.2, 0) is 16.0 Å². The molecule has 2 saturated heterocycles. The number of para-hydroxylation sites is 1. The fourth-order valence-electron chi connectivity index (χ4n) is 4.16. The third-order valence-electron chi connectivity index (χ3n) is 5.65. The number of carbonyl (C=O) groups is 2. The monoisotopic (exact) mass is 360 g/mol. The number of likely N-dealkylation sites (tertiary alicyclic amines) is 1. The van der Waals surface area contributed by atoms with Crippen molar-refractivity contribution in [3.8, 4) is 11.5 Å². The van der Waals surface area contributed by atoms with Crippen molar-refractivity contribution in [3.05, 3.63) is 23.8 Å².